The molecule has 0 radical (unpaired) electrons. The summed E-state index contributed by atoms with van der Waals surface area (Å²) in [6.45, 7) is 19.8. The number of rotatable bonds is 12. The largest absolute Gasteiger partial charge is 0.600 e. The molecule has 5 heterocycles. The van der Waals surface area contributed by atoms with Gasteiger partial charge in [0.25, 0.3) is 0 Å². The van der Waals surface area contributed by atoms with Crippen LogP contribution in [0.1, 0.15) is 121 Å². The third-order valence-electron chi connectivity index (χ3n) is 20.4. The number of amides is 1. The van der Waals surface area contributed by atoms with Crippen molar-refractivity contribution in [3.63, 3.8) is 0 Å². The molecule has 0 aromatic rings. The van der Waals surface area contributed by atoms with Gasteiger partial charge in [0.05, 0.1) is 75.1 Å². The number of quaternary nitrogens is 1. The highest BCUT2D eigenvalue weighted by molar-refractivity contribution is 6.26. The Balaban J connectivity index is 1.01. The van der Waals surface area contributed by atoms with Crippen LogP contribution < -0.4 is 10.5 Å². The number of ketones is 1. The molecule has 1 saturated carbocycles. The first-order chi connectivity index (χ1) is 39.6. The number of carbonyl (C=O) groups excluding carboxylic acids is 3. The minimum atomic E-state index is -1.81. The summed E-state index contributed by atoms with van der Waals surface area (Å²) in [5.41, 5.74) is -3.10. The number of Topliss-reactive ketones (excluding diaryl/α,β-unsaturated/α-hetero) is 1. The van der Waals surface area contributed by atoms with E-state index in [1.54, 1.807) is 39.8 Å². The van der Waals surface area contributed by atoms with E-state index < -0.39 is 179 Å². The van der Waals surface area contributed by atoms with Gasteiger partial charge in [0.1, 0.15) is 35.7 Å². The molecule has 28 atom stereocenters. The molecule has 6 fully saturated rings. The number of esters is 1. The van der Waals surface area contributed by atoms with Crippen LogP contribution in [-0.2, 0) is 61.7 Å². The lowest BCUT2D eigenvalue weighted by Gasteiger charge is -2.56. The van der Waals surface area contributed by atoms with Gasteiger partial charge < -0.3 is 88.2 Å². The van der Waals surface area contributed by atoms with Crippen molar-refractivity contribution in [3.05, 3.63) is 63.6 Å². The minimum Gasteiger partial charge on any atom is -0.600 e. The van der Waals surface area contributed by atoms with Crippen molar-refractivity contribution in [3.8, 4) is 0 Å². The zero-order chi connectivity index (χ0) is 61.2. The Labute approximate surface area is 492 Å². The number of aliphatic hydroxyl groups is 5. The van der Waals surface area contributed by atoms with E-state index in [2.05, 4.69) is 25.2 Å². The van der Waals surface area contributed by atoms with Crippen LogP contribution in [0.25, 0.3) is 0 Å². The number of hydroxylamine groups is 2. The fourth-order valence-corrected chi connectivity index (χ4v) is 15.9. The van der Waals surface area contributed by atoms with Crippen molar-refractivity contribution in [1.82, 2.24) is 5.32 Å². The average molecular weight is 1190 g/mol. The van der Waals surface area contributed by atoms with Gasteiger partial charge in [-0.3, -0.25) is 4.79 Å². The van der Waals surface area contributed by atoms with Crippen LogP contribution in [0, 0.1) is 52.0 Å². The van der Waals surface area contributed by atoms with Crippen LogP contribution in [-0.4, -0.2) is 185 Å². The zero-order valence-electron chi connectivity index (χ0n) is 50.7. The van der Waals surface area contributed by atoms with Crippen LogP contribution >= 0.6 is 0 Å². The molecule has 23 heteroatoms. The lowest BCUT2D eigenvalue weighted by Crippen LogP contribution is -3.17. The SMILES string of the molecule is COC(=O)N[C@H]1[C@@H](C)O[C@@H](O[C@H]2C/C=C(\C)[C@@H]3C=C[C@@H]4[C@@H](O[C@H]5C[C@@H](O[C@H]6C[C@@H](O)[C@@H](O[C@@H]7C[C@@H](O)[C@@H](OC)[C@H](C)O7)[C@H](C)O6)[C@@H](O)[C@H](C)O5)[C@@H](C)C[C@H](C)[C@H]4[C@]3(C)C(O)=C3C(=O)O[C@]4(C[C@@H](C)C(CO)=C[C@H]4/C=C/2C)C3=O)C[C@]1(C)[NH+]([O-])O. The lowest BCUT2D eigenvalue weighted by molar-refractivity contribution is -1.09. The molecule has 1 unspecified atom stereocenters. The topological polar surface area (TPSA) is 314 Å². The molecule has 9 rings (SSSR count). The Kier molecular flexibility index (Phi) is 19.6. The number of hydrogen-bond donors (Lipinski definition) is 8. The maximum absolute atomic E-state index is 15.6. The van der Waals surface area contributed by atoms with Crippen molar-refractivity contribution >= 4 is 17.8 Å². The second-order valence-electron chi connectivity index (χ2n) is 26.1. The van der Waals surface area contributed by atoms with E-state index in [9.17, 15) is 45.5 Å². The summed E-state index contributed by atoms with van der Waals surface area (Å²) < 4.78 is 68.1. The fraction of sp³-hybridized carbons (Fsp3) is 0.787. The number of fused-ring (bicyclic) bond motifs is 4. The van der Waals surface area contributed by atoms with Crippen molar-refractivity contribution < 1.29 is 102 Å². The summed E-state index contributed by atoms with van der Waals surface area (Å²) in [7, 11) is 2.69. The molecule has 2 bridgehead atoms. The second kappa shape index (κ2) is 25.4. The summed E-state index contributed by atoms with van der Waals surface area (Å²) >= 11 is 0. The summed E-state index contributed by atoms with van der Waals surface area (Å²) in [6.07, 6.45) is -3.13. The van der Waals surface area contributed by atoms with E-state index in [1.165, 1.54) is 21.1 Å². The van der Waals surface area contributed by atoms with Gasteiger partial charge in [-0.1, -0.05) is 63.6 Å². The number of hydrogen-bond acceptors (Lipinski definition) is 21. The Morgan fingerprint density at radius 3 is 2.01 bits per heavy atom. The molecular formula is C61H92N2O21. The van der Waals surface area contributed by atoms with Gasteiger partial charge >= 0.3 is 12.1 Å². The average Bonchev–Trinajstić information content (AvgIpc) is 2.80. The summed E-state index contributed by atoms with van der Waals surface area (Å²) in [5.74, 6) is -5.01. The third-order valence-corrected chi connectivity index (χ3v) is 20.4. The van der Waals surface area contributed by atoms with Gasteiger partial charge in [0.15, 0.2) is 36.3 Å². The highest BCUT2D eigenvalue weighted by Gasteiger charge is 2.64. The molecule has 472 valence electrons. The number of ether oxygens (including phenoxy) is 11. The molecule has 84 heavy (non-hydrogen) atoms. The number of allylic oxidation sites excluding steroid dienone is 3. The monoisotopic (exact) mass is 1190 g/mol. The zero-order valence-corrected chi connectivity index (χ0v) is 50.7. The molecule has 23 nitrogen and oxygen atoms in total. The van der Waals surface area contributed by atoms with Gasteiger partial charge in [-0.2, -0.15) is 0 Å². The quantitative estimate of drug-likeness (QED) is 0.0591. The number of carbonyl (C=O) groups is 3. The van der Waals surface area contributed by atoms with E-state index in [1.807, 2.05) is 39.8 Å². The Hall–Kier alpha value is -3.73. The van der Waals surface area contributed by atoms with Crippen molar-refractivity contribution in [2.24, 2.45) is 46.8 Å². The third kappa shape index (κ3) is 12.0. The molecular weight excluding hydrogens is 1100 g/mol. The van der Waals surface area contributed by atoms with Crippen LogP contribution in [0.5, 0.6) is 0 Å². The second-order valence-corrected chi connectivity index (χ2v) is 26.1. The molecule has 0 aromatic heterocycles. The Morgan fingerprint density at radius 1 is 0.762 bits per heavy atom. The predicted molar refractivity (Wildman–Crippen MR) is 297 cm³/mol. The molecule has 1 spiro atoms. The maximum Gasteiger partial charge on any atom is 0.407 e. The smallest absolute Gasteiger partial charge is 0.407 e. The van der Waals surface area contributed by atoms with Crippen LogP contribution in [0.3, 0.4) is 0 Å². The molecule has 5 saturated heterocycles. The Morgan fingerprint density at radius 2 is 1.38 bits per heavy atom. The maximum atomic E-state index is 15.6. The van der Waals surface area contributed by atoms with E-state index >= 15 is 4.79 Å². The molecule has 1 amide bonds. The van der Waals surface area contributed by atoms with Gasteiger partial charge in [-0.05, 0) is 96.1 Å². The molecule has 5 aliphatic heterocycles. The van der Waals surface area contributed by atoms with Crippen LogP contribution in [0.15, 0.2) is 58.4 Å². The number of alkyl carbamates (subject to hydrolysis) is 1. The fourth-order valence-electron chi connectivity index (χ4n) is 15.9. The first-order valence-electron chi connectivity index (χ1n) is 30.1. The van der Waals surface area contributed by atoms with Crippen LogP contribution in [0.4, 0.5) is 4.79 Å². The van der Waals surface area contributed by atoms with Gasteiger partial charge in [-0.15, -0.1) is 0 Å². The predicted octanol–water partition coefficient (Wildman–Crippen LogP) is 4.07. The normalized spacial score (nSPS) is 48.9. The highest BCUT2D eigenvalue weighted by atomic mass is 16.8. The first kappa shape index (κ1) is 64.7. The Bertz CT molecular complexity index is 2550. The minimum absolute atomic E-state index is 0.0143. The molecule has 9 aliphatic rings. The van der Waals surface area contributed by atoms with Crippen molar-refractivity contribution in [2.75, 3.05) is 20.8 Å². The van der Waals surface area contributed by atoms with Gasteiger partial charge in [0.2, 0.25) is 5.78 Å². The summed E-state index contributed by atoms with van der Waals surface area (Å²) in [6, 6.07) is -0.982. The van der Waals surface area contributed by atoms with E-state index in [0.29, 0.717) is 17.6 Å². The highest BCUT2D eigenvalue weighted by Crippen LogP contribution is 2.61. The first-order valence-corrected chi connectivity index (χ1v) is 30.1. The number of nitrogens with one attached hydrogen (secondary N) is 2. The molecule has 4 aliphatic carbocycles. The van der Waals surface area contributed by atoms with Gasteiger partial charge in [0, 0.05) is 56.0 Å². The molecule has 8 N–H and O–H groups in total. The summed E-state index contributed by atoms with van der Waals surface area (Å²) in [4.78, 5) is 42.7. The van der Waals surface area contributed by atoms with E-state index in [-0.39, 0.29) is 62.7 Å². The van der Waals surface area contributed by atoms with Crippen molar-refractivity contribution in [1.29, 1.82) is 0 Å². The van der Waals surface area contributed by atoms with E-state index in [0.717, 1.165) is 5.57 Å². The van der Waals surface area contributed by atoms with Crippen LogP contribution in [0.2, 0.25) is 0 Å². The standard InChI is InChI=1S/C61H92N2O21/c1-27-14-17-42(80-47-25-59(10,63(72)73)54(35(9)79-47)62-58(71)75-13)28(2)19-37-20-36(26-64)31(5)24-61(37)56(69)48(57(70)84-61)55(68)60(11)39(27)16-15-38-49(60)29(3)18-30(4)51(38)82-46-23-43(50(67)32(6)76-46)81-44-22-41(66)53(34(8)78-44)83-45-21-40(65)52(74-12)33(7)77-45/h14-16,19-20,29-35,37-47,49-54,63-68,72H,17-18,21-26H2,1-13H3,(H,62,71)/b27-14+,28-19+,55-48?/t29-,30-,31+,32-,33-,34-,35+,37+,38-,39-,40+,41+,42-,43+,44-,45+,46-,47-,49+,50-,51-,52-,53-,54-,59-,60+,61-/m0/s1. The van der Waals surface area contributed by atoms with Crippen molar-refractivity contribution in [2.45, 2.75) is 237 Å². The number of methoxy groups -OCH3 is 2. The summed E-state index contributed by atoms with van der Waals surface area (Å²) in [5, 5.41) is 82.6. The van der Waals surface area contributed by atoms with Gasteiger partial charge in [-0.25, -0.2) is 20.0 Å². The van der Waals surface area contributed by atoms with E-state index in [4.69, 9.17) is 52.1 Å². The molecule has 0 aromatic carbocycles. The lowest BCUT2D eigenvalue weighted by atomic mass is 9.49. The number of aliphatic hydroxyl groups excluding tert-OH is 5.